The fourth-order valence-corrected chi connectivity index (χ4v) is 3.24. The Kier molecular flexibility index (Phi) is 4.76. The second-order valence-electron chi connectivity index (χ2n) is 6.41. The molecule has 3 rings (SSSR count). The van der Waals surface area contributed by atoms with Gasteiger partial charge in [0.15, 0.2) is 0 Å². The van der Waals surface area contributed by atoms with E-state index in [-0.39, 0.29) is 24.0 Å². The highest BCUT2D eigenvalue weighted by molar-refractivity contribution is 6.23. The van der Waals surface area contributed by atoms with Gasteiger partial charge in [0.05, 0.1) is 11.1 Å². The summed E-state index contributed by atoms with van der Waals surface area (Å²) < 4.78 is 0. The molecule has 1 atom stereocenters. The molecular weight excluding hydrogens is 334 g/mol. The SMILES string of the molecule is C#CCCCN(C)c1ccc2c(c1)C(=O)N(C1CCC(=O)NC1=O)C2=O. The third-order valence-electron chi connectivity index (χ3n) is 4.68. The number of amides is 4. The molecule has 1 aromatic carbocycles. The Morgan fingerprint density at radius 1 is 1.23 bits per heavy atom. The summed E-state index contributed by atoms with van der Waals surface area (Å²) in [6.07, 6.45) is 6.99. The fraction of sp³-hybridized carbons (Fsp3) is 0.368. The number of imide groups is 2. The van der Waals surface area contributed by atoms with Gasteiger partial charge in [-0.1, -0.05) is 0 Å². The van der Waals surface area contributed by atoms with Crippen LogP contribution in [0.4, 0.5) is 5.69 Å². The number of carbonyl (C=O) groups is 4. The van der Waals surface area contributed by atoms with E-state index < -0.39 is 29.7 Å². The van der Waals surface area contributed by atoms with E-state index in [4.69, 9.17) is 6.42 Å². The number of hydrogen-bond acceptors (Lipinski definition) is 5. The first kappa shape index (κ1) is 17.7. The van der Waals surface area contributed by atoms with Gasteiger partial charge < -0.3 is 4.90 Å². The summed E-state index contributed by atoms with van der Waals surface area (Å²) in [5.41, 5.74) is 1.36. The maximum Gasteiger partial charge on any atom is 0.262 e. The van der Waals surface area contributed by atoms with Crippen molar-refractivity contribution in [2.24, 2.45) is 0 Å². The number of nitrogens with one attached hydrogen (secondary N) is 1. The minimum Gasteiger partial charge on any atom is -0.375 e. The van der Waals surface area contributed by atoms with Gasteiger partial charge in [0.25, 0.3) is 11.8 Å². The Morgan fingerprint density at radius 3 is 2.65 bits per heavy atom. The summed E-state index contributed by atoms with van der Waals surface area (Å²) in [4.78, 5) is 51.7. The highest BCUT2D eigenvalue weighted by Gasteiger charge is 2.44. The number of unbranched alkanes of at least 4 members (excludes halogenated alkanes) is 1. The number of terminal acetylenes is 1. The van der Waals surface area contributed by atoms with Gasteiger partial charge in [0, 0.05) is 32.1 Å². The molecule has 2 aliphatic rings. The zero-order chi connectivity index (χ0) is 18.8. The fourth-order valence-electron chi connectivity index (χ4n) is 3.24. The average Bonchev–Trinajstić information content (AvgIpc) is 2.86. The van der Waals surface area contributed by atoms with Crippen LogP contribution >= 0.6 is 0 Å². The molecule has 2 heterocycles. The number of rotatable bonds is 5. The van der Waals surface area contributed by atoms with Crippen molar-refractivity contribution in [1.82, 2.24) is 10.2 Å². The topological polar surface area (TPSA) is 86.8 Å². The molecule has 0 saturated carbocycles. The maximum absolute atomic E-state index is 12.8. The summed E-state index contributed by atoms with van der Waals surface area (Å²) in [5.74, 6) is 0.585. The van der Waals surface area contributed by atoms with Gasteiger partial charge in [-0.2, -0.15) is 0 Å². The Morgan fingerprint density at radius 2 is 1.96 bits per heavy atom. The van der Waals surface area contributed by atoms with Crippen LogP contribution in [0, 0.1) is 12.3 Å². The first-order chi connectivity index (χ1) is 12.4. The van der Waals surface area contributed by atoms with Crippen LogP contribution in [0.2, 0.25) is 0 Å². The molecule has 0 bridgehead atoms. The van der Waals surface area contributed by atoms with E-state index in [2.05, 4.69) is 11.2 Å². The number of carbonyl (C=O) groups excluding carboxylic acids is 4. The summed E-state index contributed by atoms with van der Waals surface area (Å²) in [7, 11) is 1.89. The van der Waals surface area contributed by atoms with E-state index >= 15 is 0 Å². The van der Waals surface area contributed by atoms with Gasteiger partial charge in [0.1, 0.15) is 6.04 Å². The zero-order valence-corrected chi connectivity index (χ0v) is 14.4. The minimum absolute atomic E-state index is 0.104. The number of nitrogens with zero attached hydrogens (tertiary/aromatic N) is 2. The van der Waals surface area contributed by atoms with E-state index in [1.54, 1.807) is 18.2 Å². The zero-order valence-electron chi connectivity index (χ0n) is 14.4. The highest BCUT2D eigenvalue weighted by Crippen LogP contribution is 2.30. The smallest absolute Gasteiger partial charge is 0.262 e. The number of hydrogen-bond donors (Lipinski definition) is 1. The van der Waals surface area contributed by atoms with Crippen LogP contribution in [0.1, 0.15) is 46.4 Å². The van der Waals surface area contributed by atoms with Crippen LogP contribution in [0.25, 0.3) is 0 Å². The van der Waals surface area contributed by atoms with Crippen LogP contribution in [-0.4, -0.2) is 48.2 Å². The van der Waals surface area contributed by atoms with Crippen LogP contribution in [0.15, 0.2) is 18.2 Å². The second-order valence-corrected chi connectivity index (χ2v) is 6.41. The quantitative estimate of drug-likeness (QED) is 0.484. The molecule has 0 spiro atoms. The van der Waals surface area contributed by atoms with Gasteiger partial charge in [-0.3, -0.25) is 29.4 Å². The lowest BCUT2D eigenvalue weighted by molar-refractivity contribution is -0.136. The number of piperidine rings is 1. The Hall–Kier alpha value is -3.14. The van der Waals surface area contributed by atoms with Gasteiger partial charge >= 0.3 is 0 Å². The standard InChI is InChI=1S/C19H19N3O4/c1-3-4-5-10-21(2)12-6-7-13-14(11-12)19(26)22(18(13)25)15-8-9-16(23)20-17(15)24/h1,6-7,11,15H,4-5,8-10H2,2H3,(H,20,23,24). The van der Waals surface area contributed by atoms with Crippen molar-refractivity contribution in [2.45, 2.75) is 31.7 Å². The van der Waals surface area contributed by atoms with E-state index in [0.717, 1.165) is 23.6 Å². The molecule has 0 aliphatic carbocycles. The predicted octanol–water partition coefficient (Wildman–Crippen LogP) is 0.937. The molecule has 134 valence electrons. The third kappa shape index (κ3) is 3.06. The van der Waals surface area contributed by atoms with Crippen LogP contribution in [0.5, 0.6) is 0 Å². The Balaban J connectivity index is 1.83. The van der Waals surface area contributed by atoms with Gasteiger partial charge in [0.2, 0.25) is 11.8 Å². The van der Waals surface area contributed by atoms with Crippen LogP contribution in [0.3, 0.4) is 0 Å². The summed E-state index contributed by atoms with van der Waals surface area (Å²) in [5, 5.41) is 2.18. The minimum atomic E-state index is -0.947. The molecule has 26 heavy (non-hydrogen) atoms. The third-order valence-corrected chi connectivity index (χ3v) is 4.68. The molecule has 0 radical (unpaired) electrons. The Labute approximate surface area is 151 Å². The van der Waals surface area contributed by atoms with E-state index in [1.807, 2.05) is 11.9 Å². The number of benzene rings is 1. The largest absolute Gasteiger partial charge is 0.375 e. The van der Waals surface area contributed by atoms with Crippen LogP contribution < -0.4 is 10.2 Å². The van der Waals surface area contributed by atoms with Crippen molar-refractivity contribution in [2.75, 3.05) is 18.5 Å². The molecule has 1 aromatic rings. The first-order valence-electron chi connectivity index (χ1n) is 8.44. The van der Waals surface area contributed by atoms with E-state index in [0.29, 0.717) is 6.42 Å². The van der Waals surface area contributed by atoms with Crippen molar-refractivity contribution < 1.29 is 19.2 Å². The van der Waals surface area contributed by atoms with Gasteiger partial charge in [-0.25, -0.2) is 0 Å². The highest BCUT2D eigenvalue weighted by atomic mass is 16.2. The second kappa shape index (κ2) is 7.00. The van der Waals surface area contributed by atoms with Crippen molar-refractivity contribution in [3.8, 4) is 12.3 Å². The average molecular weight is 353 g/mol. The maximum atomic E-state index is 12.8. The van der Waals surface area contributed by atoms with E-state index in [9.17, 15) is 19.2 Å². The summed E-state index contributed by atoms with van der Waals surface area (Å²) in [6.45, 7) is 0.724. The number of anilines is 1. The lowest BCUT2D eigenvalue weighted by Gasteiger charge is -2.27. The monoisotopic (exact) mass is 353 g/mol. The first-order valence-corrected chi connectivity index (χ1v) is 8.44. The Bertz CT molecular complexity index is 840. The van der Waals surface area contributed by atoms with Crippen molar-refractivity contribution >= 4 is 29.3 Å². The van der Waals surface area contributed by atoms with E-state index in [1.165, 1.54) is 0 Å². The lowest BCUT2D eigenvalue weighted by atomic mass is 10.0. The molecule has 7 heteroatoms. The normalized spacial score (nSPS) is 19.2. The van der Waals surface area contributed by atoms with Crippen LogP contribution in [-0.2, 0) is 9.59 Å². The molecule has 1 saturated heterocycles. The molecule has 1 fully saturated rings. The molecular formula is C19H19N3O4. The van der Waals surface area contributed by atoms with Gasteiger partial charge in [-0.05, 0) is 31.0 Å². The van der Waals surface area contributed by atoms with Crippen molar-refractivity contribution in [1.29, 1.82) is 0 Å². The van der Waals surface area contributed by atoms with Crippen molar-refractivity contribution in [3.63, 3.8) is 0 Å². The lowest BCUT2D eigenvalue weighted by Crippen LogP contribution is -2.54. The molecule has 4 amide bonds. The molecule has 1 N–H and O–H groups in total. The number of fused-ring (bicyclic) bond motifs is 1. The molecule has 1 unspecified atom stereocenters. The molecule has 2 aliphatic heterocycles. The molecule has 7 nitrogen and oxygen atoms in total. The summed E-state index contributed by atoms with van der Waals surface area (Å²) in [6, 6.07) is 4.09. The van der Waals surface area contributed by atoms with Gasteiger partial charge in [-0.15, -0.1) is 12.3 Å². The predicted molar refractivity (Wildman–Crippen MR) is 94.5 cm³/mol. The van der Waals surface area contributed by atoms with Crippen molar-refractivity contribution in [3.05, 3.63) is 29.3 Å². The summed E-state index contributed by atoms with van der Waals surface area (Å²) >= 11 is 0. The molecule has 0 aromatic heterocycles.